The summed E-state index contributed by atoms with van der Waals surface area (Å²) in [5, 5.41) is -0.682. The van der Waals surface area contributed by atoms with Crippen LogP contribution in [0.15, 0.2) is 24.3 Å². The molecule has 5 nitrogen and oxygen atoms in total. The molecule has 1 unspecified atom stereocenters. The first-order chi connectivity index (χ1) is 8.52. The molecule has 2 amide bonds. The van der Waals surface area contributed by atoms with E-state index in [2.05, 4.69) is 0 Å². The maximum absolute atomic E-state index is 12.0. The van der Waals surface area contributed by atoms with Gasteiger partial charge in [0.2, 0.25) is 5.24 Å². The molecule has 1 aromatic carbocycles. The second kappa shape index (κ2) is 4.88. The highest BCUT2D eigenvalue weighted by molar-refractivity contribution is 6.63. The number of hydrogen-bond acceptors (Lipinski definition) is 4. The maximum Gasteiger partial charge on any atom is 0.263 e. The number of benzene rings is 1. The lowest BCUT2D eigenvalue weighted by Crippen LogP contribution is -2.40. The topological polar surface area (TPSA) is 63.7 Å². The number of carbonyl (C=O) groups is 3. The quantitative estimate of drug-likeness (QED) is 0.611. The summed E-state index contributed by atoms with van der Waals surface area (Å²) in [6, 6.07) is 6.52. The van der Waals surface area contributed by atoms with E-state index in [-0.39, 0.29) is 6.61 Å². The number of nitrogens with zero attached hydrogens (tertiary/aromatic N) is 1. The molecule has 0 bridgehead atoms. The van der Waals surface area contributed by atoms with Gasteiger partial charge < -0.3 is 4.74 Å². The largest absolute Gasteiger partial charge is 0.349 e. The van der Waals surface area contributed by atoms with E-state index in [0.29, 0.717) is 11.1 Å². The Balaban J connectivity index is 2.20. The van der Waals surface area contributed by atoms with Crippen LogP contribution in [-0.2, 0) is 9.53 Å². The van der Waals surface area contributed by atoms with E-state index in [9.17, 15) is 14.4 Å². The molecule has 1 heterocycles. The SMILES string of the molecule is CC(OCC(=O)Cl)N1C(=O)c2ccccc2C1=O. The predicted octanol–water partition coefficient (Wildman–Crippen LogP) is 1.41. The molecule has 0 aromatic heterocycles. The van der Waals surface area contributed by atoms with Crippen molar-refractivity contribution in [1.82, 2.24) is 4.90 Å². The molecule has 1 atom stereocenters. The lowest BCUT2D eigenvalue weighted by Gasteiger charge is -2.21. The average molecular weight is 268 g/mol. The first-order valence-corrected chi connectivity index (χ1v) is 5.67. The molecular weight excluding hydrogens is 258 g/mol. The van der Waals surface area contributed by atoms with Crippen LogP contribution in [0.2, 0.25) is 0 Å². The third-order valence-corrected chi connectivity index (χ3v) is 2.74. The Hall–Kier alpha value is -1.72. The van der Waals surface area contributed by atoms with Gasteiger partial charge in [0.05, 0.1) is 11.1 Å². The van der Waals surface area contributed by atoms with Gasteiger partial charge in [-0.2, -0.15) is 0 Å². The van der Waals surface area contributed by atoms with Gasteiger partial charge in [0.25, 0.3) is 11.8 Å². The Kier molecular flexibility index (Phi) is 3.45. The fourth-order valence-electron chi connectivity index (χ4n) is 1.80. The van der Waals surface area contributed by atoms with Crippen molar-refractivity contribution in [3.8, 4) is 0 Å². The lowest BCUT2D eigenvalue weighted by molar-refractivity contribution is -0.120. The van der Waals surface area contributed by atoms with Crippen molar-refractivity contribution in [2.75, 3.05) is 6.61 Å². The van der Waals surface area contributed by atoms with Crippen LogP contribution in [0.3, 0.4) is 0 Å². The van der Waals surface area contributed by atoms with Crippen molar-refractivity contribution in [3.05, 3.63) is 35.4 Å². The predicted molar refractivity (Wildman–Crippen MR) is 63.2 cm³/mol. The first-order valence-electron chi connectivity index (χ1n) is 5.29. The second-order valence-electron chi connectivity index (χ2n) is 3.79. The van der Waals surface area contributed by atoms with Gasteiger partial charge in [-0.25, -0.2) is 4.90 Å². The van der Waals surface area contributed by atoms with Crippen LogP contribution in [0.5, 0.6) is 0 Å². The summed E-state index contributed by atoms with van der Waals surface area (Å²) in [6.07, 6.45) is -0.833. The van der Waals surface area contributed by atoms with E-state index in [1.807, 2.05) is 0 Å². The van der Waals surface area contributed by atoms with Crippen molar-refractivity contribution >= 4 is 28.7 Å². The van der Waals surface area contributed by atoms with E-state index in [0.717, 1.165) is 4.90 Å². The summed E-state index contributed by atoms with van der Waals surface area (Å²) in [5.74, 6) is -0.852. The first kappa shape index (κ1) is 12.7. The third-order valence-electron chi connectivity index (χ3n) is 2.63. The van der Waals surface area contributed by atoms with Crippen molar-refractivity contribution < 1.29 is 19.1 Å². The Morgan fingerprint density at radius 1 is 1.28 bits per heavy atom. The number of amides is 2. The molecule has 6 heteroatoms. The van der Waals surface area contributed by atoms with Gasteiger partial charge in [0.1, 0.15) is 12.8 Å². The van der Waals surface area contributed by atoms with E-state index in [4.69, 9.17) is 16.3 Å². The highest BCUT2D eigenvalue weighted by Crippen LogP contribution is 2.24. The van der Waals surface area contributed by atoms with Gasteiger partial charge in [-0.15, -0.1) is 0 Å². The number of carbonyl (C=O) groups excluding carboxylic acids is 3. The zero-order chi connectivity index (χ0) is 13.3. The highest BCUT2D eigenvalue weighted by Gasteiger charge is 2.38. The van der Waals surface area contributed by atoms with Crippen LogP contribution >= 0.6 is 11.6 Å². The summed E-state index contributed by atoms with van der Waals surface area (Å²) in [6.45, 7) is 1.16. The van der Waals surface area contributed by atoms with Crippen LogP contribution in [0.1, 0.15) is 27.6 Å². The van der Waals surface area contributed by atoms with Crippen molar-refractivity contribution in [1.29, 1.82) is 0 Å². The van der Waals surface area contributed by atoms with Gasteiger partial charge in [0, 0.05) is 0 Å². The fourth-order valence-corrected chi connectivity index (χ4v) is 1.86. The smallest absolute Gasteiger partial charge is 0.263 e. The van der Waals surface area contributed by atoms with Gasteiger partial charge in [-0.3, -0.25) is 14.4 Å². The molecule has 0 radical (unpaired) electrons. The minimum Gasteiger partial charge on any atom is -0.349 e. The molecule has 2 rings (SSSR count). The molecule has 0 saturated heterocycles. The number of hydrogen-bond donors (Lipinski definition) is 0. The van der Waals surface area contributed by atoms with Gasteiger partial charge in [-0.05, 0) is 30.7 Å². The summed E-state index contributed by atoms with van der Waals surface area (Å²) in [4.78, 5) is 35.6. The summed E-state index contributed by atoms with van der Waals surface area (Å²) < 4.78 is 5.06. The van der Waals surface area contributed by atoms with Gasteiger partial charge in [-0.1, -0.05) is 12.1 Å². The molecule has 18 heavy (non-hydrogen) atoms. The zero-order valence-electron chi connectivity index (χ0n) is 9.55. The van der Waals surface area contributed by atoms with Crippen LogP contribution in [-0.4, -0.2) is 34.8 Å². The molecule has 1 aliphatic heterocycles. The second-order valence-corrected chi connectivity index (χ2v) is 4.21. The van der Waals surface area contributed by atoms with Crippen molar-refractivity contribution in [2.45, 2.75) is 13.2 Å². The molecule has 0 fully saturated rings. The van der Waals surface area contributed by atoms with E-state index in [1.54, 1.807) is 24.3 Å². The lowest BCUT2D eigenvalue weighted by atomic mass is 10.1. The van der Waals surface area contributed by atoms with E-state index < -0.39 is 23.3 Å². The Labute approximate surface area is 108 Å². The summed E-state index contributed by atoms with van der Waals surface area (Å²) in [5.41, 5.74) is 0.685. The van der Waals surface area contributed by atoms with Gasteiger partial charge in [0.15, 0.2) is 0 Å². The summed E-state index contributed by atoms with van der Waals surface area (Å²) >= 11 is 5.14. The minimum absolute atomic E-state index is 0.343. The van der Waals surface area contributed by atoms with E-state index >= 15 is 0 Å². The number of halogens is 1. The maximum atomic E-state index is 12.0. The molecule has 1 aliphatic rings. The molecule has 0 N–H and O–H groups in total. The Bertz CT molecular complexity index is 494. The highest BCUT2D eigenvalue weighted by atomic mass is 35.5. The van der Waals surface area contributed by atoms with Crippen LogP contribution in [0.25, 0.3) is 0 Å². The Morgan fingerprint density at radius 2 is 1.78 bits per heavy atom. The minimum atomic E-state index is -0.833. The van der Waals surface area contributed by atoms with Crippen LogP contribution in [0, 0.1) is 0 Å². The Morgan fingerprint density at radius 3 is 2.22 bits per heavy atom. The van der Waals surface area contributed by atoms with E-state index in [1.165, 1.54) is 6.92 Å². The molecule has 0 spiro atoms. The van der Waals surface area contributed by atoms with Crippen LogP contribution in [0.4, 0.5) is 0 Å². The number of ether oxygens (including phenoxy) is 1. The van der Waals surface area contributed by atoms with Crippen molar-refractivity contribution in [2.24, 2.45) is 0 Å². The number of fused-ring (bicyclic) bond motifs is 1. The standard InChI is InChI=1S/C12H10ClNO4/c1-7(18-6-10(13)15)14-11(16)8-4-2-3-5-9(8)12(14)17/h2-5,7H,6H2,1H3. The normalized spacial score (nSPS) is 15.8. The zero-order valence-corrected chi connectivity index (χ0v) is 10.3. The molecule has 94 valence electrons. The monoisotopic (exact) mass is 267 g/mol. The van der Waals surface area contributed by atoms with Gasteiger partial charge >= 0.3 is 0 Å². The number of imide groups is 1. The molecular formula is C12H10ClNO4. The third kappa shape index (κ3) is 2.14. The average Bonchev–Trinajstić information content (AvgIpc) is 2.60. The van der Waals surface area contributed by atoms with Crippen molar-refractivity contribution in [3.63, 3.8) is 0 Å². The number of rotatable bonds is 4. The molecule has 1 aromatic rings. The fraction of sp³-hybridized carbons (Fsp3) is 0.250. The summed E-state index contributed by atoms with van der Waals surface area (Å²) in [7, 11) is 0. The van der Waals surface area contributed by atoms with Crippen LogP contribution < -0.4 is 0 Å². The molecule has 0 aliphatic carbocycles. The molecule has 0 saturated carbocycles.